The molecule has 0 spiro atoms. The molecular weight excluding hydrogens is 256 g/mol. The van der Waals surface area contributed by atoms with E-state index < -0.39 is 17.0 Å². The van der Waals surface area contributed by atoms with Crippen molar-refractivity contribution >= 4 is 17.0 Å². The summed E-state index contributed by atoms with van der Waals surface area (Å²) in [5.74, 6) is 0. The van der Waals surface area contributed by atoms with Gasteiger partial charge in [-0.2, -0.15) is 0 Å². The second kappa shape index (κ2) is 8.45. The van der Waals surface area contributed by atoms with Gasteiger partial charge in [-0.1, -0.05) is 40.4 Å². The van der Waals surface area contributed by atoms with E-state index in [0.29, 0.717) is 0 Å². The standard InChI is InChI=1S/C12H34N4Si2/c1-8-11-16(12-9-2)18(13-4,14-10-3)15-17(5,6)7/h13-15H,8-12H2,1-7H3. The molecule has 0 heterocycles. The Bertz CT molecular complexity index is 215. The topological polar surface area (TPSA) is 39.3 Å². The van der Waals surface area contributed by atoms with Crippen LogP contribution in [0.25, 0.3) is 0 Å². The van der Waals surface area contributed by atoms with Crippen molar-refractivity contribution in [1.29, 1.82) is 0 Å². The first-order chi connectivity index (χ1) is 8.35. The first-order valence-corrected chi connectivity index (χ1v) is 12.8. The number of rotatable bonds is 10. The van der Waals surface area contributed by atoms with Crippen LogP contribution in [0, 0.1) is 0 Å². The van der Waals surface area contributed by atoms with Crippen molar-refractivity contribution in [2.24, 2.45) is 0 Å². The van der Waals surface area contributed by atoms with Crippen LogP contribution in [0.2, 0.25) is 19.6 Å². The molecule has 3 N–H and O–H groups in total. The lowest BCUT2D eigenvalue weighted by Crippen LogP contribution is -2.84. The number of nitrogens with one attached hydrogen (secondary N) is 3. The van der Waals surface area contributed by atoms with Gasteiger partial charge in [-0.05, 0) is 39.5 Å². The molecule has 0 bridgehead atoms. The van der Waals surface area contributed by atoms with Crippen LogP contribution in [0.5, 0.6) is 0 Å². The van der Waals surface area contributed by atoms with Gasteiger partial charge in [0, 0.05) is 0 Å². The molecule has 0 amide bonds. The Kier molecular flexibility index (Phi) is 8.57. The van der Waals surface area contributed by atoms with Gasteiger partial charge >= 0.3 is 8.72 Å². The Morgan fingerprint density at radius 1 is 0.944 bits per heavy atom. The number of nitrogens with zero attached hydrogens (tertiary/aromatic N) is 1. The summed E-state index contributed by atoms with van der Waals surface area (Å²) in [7, 11) is -1.16. The zero-order chi connectivity index (χ0) is 14.2. The van der Waals surface area contributed by atoms with Crippen molar-refractivity contribution in [1.82, 2.24) is 19.2 Å². The van der Waals surface area contributed by atoms with Gasteiger partial charge in [0.2, 0.25) is 0 Å². The quantitative estimate of drug-likeness (QED) is 0.537. The lowest BCUT2D eigenvalue weighted by Gasteiger charge is -2.45. The summed E-state index contributed by atoms with van der Waals surface area (Å²) in [6.07, 6.45) is 2.41. The van der Waals surface area contributed by atoms with E-state index in [1.54, 1.807) is 0 Å². The minimum atomic E-state index is -1.93. The monoisotopic (exact) mass is 290 g/mol. The molecule has 0 aliphatic rings. The minimum absolute atomic E-state index is 1.01. The van der Waals surface area contributed by atoms with Crippen LogP contribution < -0.4 is 14.6 Å². The van der Waals surface area contributed by atoms with E-state index in [-0.39, 0.29) is 0 Å². The van der Waals surface area contributed by atoms with Crippen LogP contribution in [-0.4, -0.2) is 48.2 Å². The first kappa shape index (κ1) is 18.3. The van der Waals surface area contributed by atoms with Gasteiger partial charge in [-0.25, -0.2) is 0 Å². The highest BCUT2D eigenvalue weighted by Crippen LogP contribution is 2.07. The van der Waals surface area contributed by atoms with Crippen LogP contribution in [-0.2, 0) is 0 Å². The van der Waals surface area contributed by atoms with E-state index in [2.05, 4.69) is 66.6 Å². The first-order valence-electron chi connectivity index (χ1n) is 7.33. The molecule has 0 aliphatic carbocycles. The molecule has 4 nitrogen and oxygen atoms in total. The molecule has 6 heteroatoms. The highest BCUT2D eigenvalue weighted by atomic mass is 28.4. The summed E-state index contributed by atoms with van der Waals surface area (Å²) in [6.45, 7) is 17.2. The third-order valence-electron chi connectivity index (χ3n) is 2.81. The van der Waals surface area contributed by atoms with Crippen LogP contribution >= 0.6 is 0 Å². The van der Waals surface area contributed by atoms with Gasteiger partial charge in [0.15, 0.2) is 0 Å². The largest absolute Gasteiger partial charge is 0.361 e. The average Bonchev–Trinajstić information content (AvgIpc) is 2.26. The molecule has 1 atom stereocenters. The van der Waals surface area contributed by atoms with Crippen molar-refractivity contribution in [3.05, 3.63) is 0 Å². The van der Waals surface area contributed by atoms with Crippen molar-refractivity contribution in [2.75, 3.05) is 26.7 Å². The third kappa shape index (κ3) is 5.94. The van der Waals surface area contributed by atoms with Crippen LogP contribution in [0.3, 0.4) is 0 Å². The van der Waals surface area contributed by atoms with Crippen molar-refractivity contribution in [2.45, 2.75) is 53.3 Å². The summed E-state index contributed by atoms with van der Waals surface area (Å²) in [6, 6.07) is 0. The molecule has 0 fully saturated rings. The fourth-order valence-electron chi connectivity index (χ4n) is 2.33. The second-order valence-corrected chi connectivity index (χ2v) is 14.3. The highest BCUT2D eigenvalue weighted by Gasteiger charge is 2.42. The molecule has 0 radical (unpaired) electrons. The molecule has 110 valence electrons. The number of hydrogen-bond donors (Lipinski definition) is 3. The fourth-order valence-corrected chi connectivity index (χ4v) is 10.5. The maximum atomic E-state index is 3.97. The fraction of sp³-hybridized carbons (Fsp3) is 1.00. The Morgan fingerprint density at radius 3 is 1.72 bits per heavy atom. The van der Waals surface area contributed by atoms with E-state index in [4.69, 9.17) is 0 Å². The summed E-state index contributed by atoms with van der Waals surface area (Å²) < 4.78 is 6.61. The predicted molar refractivity (Wildman–Crippen MR) is 87.1 cm³/mol. The normalized spacial score (nSPS) is 16.0. The Morgan fingerprint density at radius 2 is 1.44 bits per heavy atom. The summed E-state index contributed by atoms with van der Waals surface area (Å²) in [5.41, 5.74) is 0. The zero-order valence-corrected chi connectivity index (χ0v) is 15.5. The van der Waals surface area contributed by atoms with E-state index in [9.17, 15) is 0 Å². The molecule has 1 unspecified atom stereocenters. The van der Waals surface area contributed by atoms with Gasteiger partial charge in [-0.3, -0.25) is 4.57 Å². The SMILES string of the molecule is CCCN(CCC)[Si](NC)(NCC)N[Si](C)(C)C. The van der Waals surface area contributed by atoms with Gasteiger partial charge in [0.1, 0.15) is 8.24 Å². The Balaban J connectivity index is 5.10. The van der Waals surface area contributed by atoms with Gasteiger partial charge in [0.05, 0.1) is 0 Å². The van der Waals surface area contributed by atoms with Gasteiger partial charge in [-0.15, -0.1) is 0 Å². The average molecular weight is 291 g/mol. The van der Waals surface area contributed by atoms with E-state index >= 15 is 0 Å². The number of hydrogen-bond acceptors (Lipinski definition) is 4. The van der Waals surface area contributed by atoms with Crippen molar-refractivity contribution < 1.29 is 0 Å². The molecule has 0 saturated heterocycles. The molecule has 0 rings (SSSR count). The van der Waals surface area contributed by atoms with Crippen LogP contribution in [0.4, 0.5) is 0 Å². The van der Waals surface area contributed by atoms with Gasteiger partial charge in [0.25, 0.3) is 0 Å². The maximum absolute atomic E-state index is 3.97. The van der Waals surface area contributed by atoms with Crippen molar-refractivity contribution in [3.63, 3.8) is 0 Å². The molecule has 0 aliphatic heterocycles. The van der Waals surface area contributed by atoms with E-state index in [1.807, 2.05) is 0 Å². The molecule has 18 heavy (non-hydrogen) atoms. The second-order valence-electron chi connectivity index (χ2n) is 5.85. The lowest BCUT2D eigenvalue weighted by molar-refractivity contribution is 0.388. The summed E-state index contributed by atoms with van der Waals surface area (Å²) >= 11 is 0. The smallest absolute Gasteiger partial charge is 0.322 e. The van der Waals surface area contributed by atoms with E-state index in [0.717, 1.165) is 19.6 Å². The molecule has 0 aromatic carbocycles. The predicted octanol–water partition coefficient (Wildman–Crippen LogP) is 1.80. The third-order valence-corrected chi connectivity index (χ3v) is 10.2. The van der Waals surface area contributed by atoms with Crippen molar-refractivity contribution in [3.8, 4) is 0 Å². The maximum Gasteiger partial charge on any atom is 0.361 e. The molecule has 0 aromatic rings. The molecule has 0 saturated carbocycles. The highest BCUT2D eigenvalue weighted by molar-refractivity contribution is 6.88. The summed E-state index contributed by atoms with van der Waals surface area (Å²) in [4.78, 5) is 7.37. The summed E-state index contributed by atoms with van der Waals surface area (Å²) in [5, 5.41) is 0. The Hall–Kier alpha value is 0.274. The zero-order valence-electron chi connectivity index (χ0n) is 13.5. The van der Waals surface area contributed by atoms with E-state index in [1.165, 1.54) is 12.8 Å². The van der Waals surface area contributed by atoms with Crippen LogP contribution in [0.1, 0.15) is 33.6 Å². The molecule has 0 aromatic heterocycles. The van der Waals surface area contributed by atoms with Gasteiger partial charge < -0.3 is 14.6 Å². The van der Waals surface area contributed by atoms with Crippen LogP contribution in [0.15, 0.2) is 0 Å². The minimum Gasteiger partial charge on any atom is -0.322 e. The molecular formula is C12H34N4Si2. The Labute approximate surface area is 116 Å². The lowest BCUT2D eigenvalue weighted by atomic mass is 10.4.